The fourth-order valence-corrected chi connectivity index (χ4v) is 3.61. The lowest BCUT2D eigenvalue weighted by molar-refractivity contribution is 0.284. The molecule has 88 valence electrons. The SMILES string of the molecule is CC1CCCN1c1nc(C2CC2)c(CO)s1. The summed E-state index contributed by atoms with van der Waals surface area (Å²) in [4.78, 5) is 8.25. The van der Waals surface area contributed by atoms with Gasteiger partial charge in [-0.1, -0.05) is 11.3 Å². The number of hydrogen-bond donors (Lipinski definition) is 1. The van der Waals surface area contributed by atoms with Crippen molar-refractivity contribution < 1.29 is 5.11 Å². The second-order valence-corrected chi connectivity index (χ2v) is 5.98. The number of rotatable bonds is 3. The zero-order chi connectivity index (χ0) is 11.1. The molecule has 2 heterocycles. The molecule has 3 nitrogen and oxygen atoms in total. The molecule has 1 N–H and O–H groups in total. The standard InChI is InChI=1S/C12H18N2OS/c1-8-3-2-6-14(8)12-13-11(9-4-5-9)10(7-15)16-12/h8-9,15H,2-7H2,1H3. The molecule has 1 saturated carbocycles. The van der Waals surface area contributed by atoms with Gasteiger partial charge in [0.25, 0.3) is 0 Å². The molecule has 1 aliphatic heterocycles. The molecule has 1 atom stereocenters. The molecule has 0 bridgehead atoms. The van der Waals surface area contributed by atoms with E-state index in [1.807, 2.05) is 0 Å². The maximum absolute atomic E-state index is 9.37. The normalized spacial score (nSPS) is 25.4. The van der Waals surface area contributed by atoms with Gasteiger partial charge in [-0.25, -0.2) is 4.98 Å². The van der Waals surface area contributed by atoms with Gasteiger partial charge in [0.05, 0.1) is 17.2 Å². The minimum atomic E-state index is 0.158. The fourth-order valence-electron chi connectivity index (χ4n) is 2.48. The van der Waals surface area contributed by atoms with E-state index in [2.05, 4.69) is 11.8 Å². The second kappa shape index (κ2) is 4.00. The first kappa shape index (κ1) is 10.5. The first-order valence-electron chi connectivity index (χ1n) is 6.16. The van der Waals surface area contributed by atoms with Gasteiger partial charge in [-0.15, -0.1) is 0 Å². The molecular formula is C12H18N2OS. The average molecular weight is 238 g/mol. The lowest BCUT2D eigenvalue weighted by Gasteiger charge is -2.19. The van der Waals surface area contributed by atoms with E-state index in [4.69, 9.17) is 4.98 Å². The Bertz CT molecular complexity index is 386. The number of thiazole rings is 1. The summed E-state index contributed by atoms with van der Waals surface area (Å²) in [7, 11) is 0. The van der Waals surface area contributed by atoms with E-state index in [0.717, 1.165) is 16.6 Å². The van der Waals surface area contributed by atoms with Gasteiger partial charge in [0.2, 0.25) is 0 Å². The van der Waals surface area contributed by atoms with Gasteiger partial charge < -0.3 is 10.0 Å². The van der Waals surface area contributed by atoms with Crippen molar-refractivity contribution in [2.75, 3.05) is 11.4 Å². The average Bonchev–Trinajstić information content (AvgIpc) is 2.90. The number of aliphatic hydroxyl groups excluding tert-OH is 1. The third-order valence-electron chi connectivity index (χ3n) is 3.62. The first-order valence-corrected chi connectivity index (χ1v) is 6.98. The van der Waals surface area contributed by atoms with Gasteiger partial charge in [-0.2, -0.15) is 0 Å². The molecule has 1 aliphatic carbocycles. The van der Waals surface area contributed by atoms with Crippen molar-refractivity contribution in [3.05, 3.63) is 10.6 Å². The van der Waals surface area contributed by atoms with E-state index < -0.39 is 0 Å². The van der Waals surface area contributed by atoms with Crippen molar-refractivity contribution >= 4 is 16.5 Å². The maximum Gasteiger partial charge on any atom is 0.186 e. The Kier molecular flexibility index (Phi) is 2.64. The van der Waals surface area contributed by atoms with Crippen LogP contribution < -0.4 is 4.90 Å². The summed E-state index contributed by atoms with van der Waals surface area (Å²) in [5, 5.41) is 10.5. The van der Waals surface area contributed by atoms with E-state index in [-0.39, 0.29) is 6.61 Å². The number of hydrogen-bond acceptors (Lipinski definition) is 4. The summed E-state index contributed by atoms with van der Waals surface area (Å²) >= 11 is 1.69. The quantitative estimate of drug-likeness (QED) is 0.879. The Labute approximate surface area is 100 Å². The number of anilines is 1. The summed E-state index contributed by atoms with van der Waals surface area (Å²) in [6.45, 7) is 3.55. The molecule has 2 aliphatic rings. The van der Waals surface area contributed by atoms with Crippen LogP contribution in [0.5, 0.6) is 0 Å². The lowest BCUT2D eigenvalue weighted by Crippen LogP contribution is -2.25. The largest absolute Gasteiger partial charge is 0.391 e. The Morgan fingerprint density at radius 1 is 1.44 bits per heavy atom. The molecule has 3 rings (SSSR count). The molecule has 0 aromatic carbocycles. The van der Waals surface area contributed by atoms with Gasteiger partial charge in [0, 0.05) is 18.5 Å². The van der Waals surface area contributed by atoms with Crippen LogP contribution in [0.3, 0.4) is 0 Å². The third kappa shape index (κ3) is 1.74. The summed E-state index contributed by atoms with van der Waals surface area (Å²) in [5.74, 6) is 0.644. The van der Waals surface area contributed by atoms with Crippen LogP contribution in [-0.4, -0.2) is 22.7 Å². The van der Waals surface area contributed by atoms with Crippen LogP contribution >= 0.6 is 11.3 Å². The second-order valence-electron chi connectivity index (χ2n) is 4.92. The van der Waals surface area contributed by atoms with Crippen molar-refractivity contribution in [3.63, 3.8) is 0 Å². The van der Waals surface area contributed by atoms with Gasteiger partial charge >= 0.3 is 0 Å². The first-order chi connectivity index (χ1) is 7.79. The molecule has 2 fully saturated rings. The predicted molar refractivity (Wildman–Crippen MR) is 66.1 cm³/mol. The van der Waals surface area contributed by atoms with Gasteiger partial charge in [0.1, 0.15) is 0 Å². The zero-order valence-electron chi connectivity index (χ0n) is 9.65. The highest BCUT2D eigenvalue weighted by Gasteiger charge is 2.31. The molecule has 0 spiro atoms. The Morgan fingerprint density at radius 3 is 2.81 bits per heavy atom. The van der Waals surface area contributed by atoms with Crippen LogP contribution in [0.4, 0.5) is 5.13 Å². The topological polar surface area (TPSA) is 36.4 Å². The molecular weight excluding hydrogens is 220 g/mol. The third-order valence-corrected chi connectivity index (χ3v) is 4.72. The van der Waals surface area contributed by atoms with Crippen LogP contribution in [0.25, 0.3) is 0 Å². The van der Waals surface area contributed by atoms with Crippen molar-refractivity contribution in [2.45, 2.75) is 51.2 Å². The minimum absolute atomic E-state index is 0.158. The fraction of sp³-hybridized carbons (Fsp3) is 0.750. The molecule has 4 heteroatoms. The van der Waals surface area contributed by atoms with Crippen LogP contribution in [0.1, 0.15) is 49.1 Å². The van der Waals surface area contributed by atoms with Crippen LogP contribution in [0.15, 0.2) is 0 Å². The number of aliphatic hydroxyl groups is 1. The van der Waals surface area contributed by atoms with Crippen LogP contribution in [-0.2, 0) is 6.61 Å². The van der Waals surface area contributed by atoms with Crippen molar-refractivity contribution in [1.82, 2.24) is 4.98 Å². The van der Waals surface area contributed by atoms with Crippen LogP contribution in [0, 0.1) is 0 Å². The molecule has 16 heavy (non-hydrogen) atoms. The molecule has 1 aromatic rings. The van der Waals surface area contributed by atoms with Gasteiger partial charge in [-0.05, 0) is 32.6 Å². The number of aromatic nitrogens is 1. The highest BCUT2D eigenvalue weighted by atomic mass is 32.1. The van der Waals surface area contributed by atoms with Crippen molar-refractivity contribution in [3.8, 4) is 0 Å². The predicted octanol–water partition coefficient (Wildman–Crippen LogP) is 2.50. The summed E-state index contributed by atoms with van der Waals surface area (Å²) in [6, 6.07) is 0.616. The minimum Gasteiger partial charge on any atom is -0.391 e. The monoisotopic (exact) mass is 238 g/mol. The highest BCUT2D eigenvalue weighted by Crippen LogP contribution is 2.44. The zero-order valence-corrected chi connectivity index (χ0v) is 10.5. The maximum atomic E-state index is 9.37. The van der Waals surface area contributed by atoms with E-state index >= 15 is 0 Å². The molecule has 1 aromatic heterocycles. The van der Waals surface area contributed by atoms with E-state index in [0.29, 0.717) is 12.0 Å². The van der Waals surface area contributed by atoms with E-state index in [9.17, 15) is 5.11 Å². The Hall–Kier alpha value is -0.610. The highest BCUT2D eigenvalue weighted by molar-refractivity contribution is 7.15. The Balaban J connectivity index is 1.89. The van der Waals surface area contributed by atoms with Gasteiger partial charge in [0.15, 0.2) is 5.13 Å². The summed E-state index contributed by atoms with van der Waals surface area (Å²) < 4.78 is 0. The van der Waals surface area contributed by atoms with Crippen molar-refractivity contribution in [2.24, 2.45) is 0 Å². The lowest BCUT2D eigenvalue weighted by atomic mass is 10.2. The number of nitrogens with zero attached hydrogens (tertiary/aromatic N) is 2. The van der Waals surface area contributed by atoms with Gasteiger partial charge in [-0.3, -0.25) is 0 Å². The Morgan fingerprint density at radius 2 is 2.25 bits per heavy atom. The van der Waals surface area contributed by atoms with Crippen LogP contribution in [0.2, 0.25) is 0 Å². The molecule has 1 saturated heterocycles. The summed E-state index contributed by atoms with van der Waals surface area (Å²) in [6.07, 6.45) is 5.05. The van der Waals surface area contributed by atoms with E-state index in [1.54, 1.807) is 11.3 Å². The van der Waals surface area contributed by atoms with E-state index in [1.165, 1.54) is 31.4 Å². The molecule has 1 unspecified atom stereocenters. The molecule has 0 radical (unpaired) electrons. The molecule has 0 amide bonds. The smallest absolute Gasteiger partial charge is 0.186 e. The van der Waals surface area contributed by atoms with Crippen molar-refractivity contribution in [1.29, 1.82) is 0 Å². The summed E-state index contributed by atoms with van der Waals surface area (Å²) in [5.41, 5.74) is 1.18.